The molecule has 10 N–H and O–H groups in total. The first-order valence-corrected chi connectivity index (χ1v) is 8.20. The van der Waals surface area contributed by atoms with Crippen molar-refractivity contribution < 1.29 is 14.3 Å². The number of nitrogens with two attached hydrogens (primary N) is 4. The van der Waals surface area contributed by atoms with Crippen LogP contribution in [0.4, 0.5) is 22.7 Å². The van der Waals surface area contributed by atoms with Gasteiger partial charge in [0.05, 0.1) is 35.4 Å². The molecule has 2 aromatic rings. The number of amides is 2. The first-order valence-electron chi connectivity index (χ1n) is 8.20. The van der Waals surface area contributed by atoms with Crippen LogP contribution in [-0.2, 0) is 0 Å². The van der Waals surface area contributed by atoms with Gasteiger partial charge in [-0.15, -0.1) is 0 Å². The number of nitrogens with one attached hydrogen (secondary N) is 2. The maximum Gasteiger partial charge on any atom is 0.252 e. The van der Waals surface area contributed by atoms with Gasteiger partial charge in [0, 0.05) is 18.7 Å². The summed E-state index contributed by atoms with van der Waals surface area (Å²) in [5.41, 5.74) is 26.0. The van der Waals surface area contributed by atoms with Crippen LogP contribution in [0.1, 0.15) is 26.3 Å². The molecule has 27 heavy (non-hydrogen) atoms. The minimum absolute atomic E-state index is 0.219. The summed E-state index contributed by atoms with van der Waals surface area (Å²) in [6, 6.07) is 6.56. The largest absolute Gasteiger partial charge is 0.494 e. The Bertz CT molecular complexity index is 882. The van der Waals surface area contributed by atoms with Gasteiger partial charge >= 0.3 is 0 Å². The van der Waals surface area contributed by atoms with E-state index in [2.05, 4.69) is 10.6 Å². The van der Waals surface area contributed by atoms with Gasteiger partial charge in [0.2, 0.25) is 5.91 Å². The number of methoxy groups -OCH3 is 1. The smallest absolute Gasteiger partial charge is 0.252 e. The molecule has 0 heterocycles. The van der Waals surface area contributed by atoms with Crippen LogP contribution in [0.5, 0.6) is 5.75 Å². The Morgan fingerprint density at radius 3 is 1.85 bits per heavy atom. The Balaban J connectivity index is 2.03. The maximum atomic E-state index is 11.4. The lowest BCUT2D eigenvalue weighted by Crippen LogP contribution is -2.18. The van der Waals surface area contributed by atoms with Crippen molar-refractivity contribution >= 4 is 34.6 Å². The summed E-state index contributed by atoms with van der Waals surface area (Å²) in [6.45, 7) is 2.78. The molecule has 0 aliphatic rings. The number of carbonyl (C=O) groups excluding carboxylic acids is 2. The topological polar surface area (TPSA) is 172 Å². The highest BCUT2D eigenvalue weighted by molar-refractivity contribution is 5.99. The number of hydrogen-bond acceptors (Lipinski definition) is 7. The monoisotopic (exact) mass is 372 g/mol. The maximum absolute atomic E-state index is 11.4. The number of rotatable bonds is 8. The van der Waals surface area contributed by atoms with Gasteiger partial charge in [0.1, 0.15) is 0 Å². The second kappa shape index (κ2) is 8.17. The SMILES string of the molecule is COc1c(C(N)=O)ccc(NCCNc2ccc(C(N)=O)c(C)c2N)c1N. The molecule has 0 saturated heterocycles. The van der Waals surface area contributed by atoms with Crippen LogP contribution in [0.15, 0.2) is 24.3 Å². The Hall–Kier alpha value is -3.62. The van der Waals surface area contributed by atoms with Gasteiger partial charge in [-0.3, -0.25) is 9.59 Å². The Kier molecular flexibility index (Phi) is 5.96. The molecule has 2 rings (SSSR count). The van der Waals surface area contributed by atoms with Crippen LogP contribution in [0.3, 0.4) is 0 Å². The zero-order valence-corrected chi connectivity index (χ0v) is 15.3. The second-order valence-corrected chi connectivity index (χ2v) is 5.89. The number of benzene rings is 2. The molecule has 9 nitrogen and oxygen atoms in total. The van der Waals surface area contributed by atoms with E-state index in [1.54, 1.807) is 31.2 Å². The van der Waals surface area contributed by atoms with Crippen LogP contribution >= 0.6 is 0 Å². The molecule has 0 bridgehead atoms. The molecule has 0 fully saturated rings. The number of carbonyl (C=O) groups is 2. The lowest BCUT2D eigenvalue weighted by Gasteiger charge is -2.16. The van der Waals surface area contributed by atoms with Crippen molar-refractivity contribution in [3.63, 3.8) is 0 Å². The van der Waals surface area contributed by atoms with Gasteiger partial charge in [0.15, 0.2) is 5.75 Å². The molecule has 0 aliphatic heterocycles. The zero-order valence-electron chi connectivity index (χ0n) is 15.3. The summed E-state index contributed by atoms with van der Waals surface area (Å²) in [6.07, 6.45) is 0. The quantitative estimate of drug-likeness (QED) is 0.295. The fourth-order valence-corrected chi connectivity index (χ4v) is 2.71. The molecule has 2 amide bonds. The van der Waals surface area contributed by atoms with Crippen molar-refractivity contribution in [3.8, 4) is 5.75 Å². The number of primary amides is 2. The van der Waals surface area contributed by atoms with Crippen molar-refractivity contribution in [2.75, 3.05) is 42.3 Å². The lowest BCUT2D eigenvalue weighted by molar-refractivity contribution is 0.0990. The van der Waals surface area contributed by atoms with Crippen molar-refractivity contribution in [2.24, 2.45) is 11.5 Å². The van der Waals surface area contributed by atoms with Crippen molar-refractivity contribution in [1.82, 2.24) is 0 Å². The predicted octanol–water partition coefficient (Wildman–Crippen LogP) is 0.890. The van der Waals surface area contributed by atoms with Gasteiger partial charge in [-0.1, -0.05) is 0 Å². The van der Waals surface area contributed by atoms with E-state index in [4.69, 9.17) is 27.7 Å². The summed E-state index contributed by atoms with van der Waals surface area (Å²) in [5, 5.41) is 6.34. The van der Waals surface area contributed by atoms with E-state index in [9.17, 15) is 9.59 Å². The number of anilines is 4. The molecule has 0 unspecified atom stereocenters. The highest BCUT2D eigenvalue weighted by atomic mass is 16.5. The summed E-state index contributed by atoms with van der Waals surface area (Å²) in [7, 11) is 1.42. The van der Waals surface area contributed by atoms with Crippen LogP contribution in [0.2, 0.25) is 0 Å². The normalized spacial score (nSPS) is 10.3. The lowest BCUT2D eigenvalue weighted by atomic mass is 10.0. The van der Waals surface area contributed by atoms with Crippen LogP contribution in [0, 0.1) is 6.92 Å². The van der Waals surface area contributed by atoms with Crippen molar-refractivity contribution in [1.29, 1.82) is 0 Å². The molecule has 9 heteroatoms. The highest BCUT2D eigenvalue weighted by Gasteiger charge is 2.15. The molecule has 0 saturated carbocycles. The minimum Gasteiger partial charge on any atom is -0.494 e. The first-order chi connectivity index (χ1) is 12.8. The highest BCUT2D eigenvalue weighted by Crippen LogP contribution is 2.33. The van der Waals surface area contributed by atoms with E-state index in [1.807, 2.05) is 0 Å². The van der Waals surface area contributed by atoms with E-state index in [1.165, 1.54) is 7.11 Å². The Morgan fingerprint density at radius 2 is 1.37 bits per heavy atom. The standard InChI is InChI=1S/C18H24N6O3/c1-9-10(17(21)25)3-5-12(14(9)19)23-7-8-24-13-6-4-11(18(22)26)16(27-2)15(13)20/h3-6,23-24H,7-8,19-20H2,1-2H3,(H2,21,25)(H2,22,26). The van der Waals surface area contributed by atoms with Gasteiger partial charge < -0.3 is 38.3 Å². The van der Waals surface area contributed by atoms with Gasteiger partial charge in [-0.05, 0) is 36.8 Å². The summed E-state index contributed by atoms with van der Waals surface area (Å²) < 4.78 is 5.18. The predicted molar refractivity (Wildman–Crippen MR) is 107 cm³/mol. The van der Waals surface area contributed by atoms with E-state index in [0.29, 0.717) is 47.0 Å². The third kappa shape index (κ3) is 4.14. The fourth-order valence-electron chi connectivity index (χ4n) is 2.71. The number of nitrogen functional groups attached to an aromatic ring is 2. The molecule has 144 valence electrons. The zero-order chi connectivity index (χ0) is 20.1. The average molecular weight is 372 g/mol. The average Bonchev–Trinajstić information content (AvgIpc) is 2.62. The van der Waals surface area contributed by atoms with E-state index >= 15 is 0 Å². The Labute approximate surface area is 157 Å². The van der Waals surface area contributed by atoms with E-state index < -0.39 is 11.8 Å². The molecule has 2 aromatic carbocycles. The van der Waals surface area contributed by atoms with Gasteiger partial charge in [0.25, 0.3) is 5.91 Å². The molecule has 0 aliphatic carbocycles. The molecule has 0 spiro atoms. The van der Waals surface area contributed by atoms with E-state index in [-0.39, 0.29) is 11.3 Å². The van der Waals surface area contributed by atoms with Crippen LogP contribution in [-0.4, -0.2) is 32.0 Å². The molecular formula is C18H24N6O3. The molecule has 0 atom stereocenters. The van der Waals surface area contributed by atoms with E-state index in [0.717, 1.165) is 0 Å². The van der Waals surface area contributed by atoms with Crippen molar-refractivity contribution in [2.45, 2.75) is 6.92 Å². The number of hydrogen-bond donors (Lipinski definition) is 6. The summed E-state index contributed by atoms with van der Waals surface area (Å²) in [4.78, 5) is 22.7. The van der Waals surface area contributed by atoms with Crippen molar-refractivity contribution in [3.05, 3.63) is 41.0 Å². The summed E-state index contributed by atoms with van der Waals surface area (Å²) in [5.74, 6) is -0.893. The molecule has 0 aromatic heterocycles. The number of ether oxygens (including phenoxy) is 1. The second-order valence-electron chi connectivity index (χ2n) is 5.89. The molecule has 0 radical (unpaired) electrons. The fraction of sp³-hybridized carbons (Fsp3) is 0.222. The van der Waals surface area contributed by atoms with Crippen LogP contribution < -0.4 is 38.3 Å². The van der Waals surface area contributed by atoms with Gasteiger partial charge in [-0.25, -0.2) is 0 Å². The third-order valence-electron chi connectivity index (χ3n) is 4.20. The van der Waals surface area contributed by atoms with Crippen LogP contribution in [0.25, 0.3) is 0 Å². The summed E-state index contributed by atoms with van der Waals surface area (Å²) >= 11 is 0. The Morgan fingerprint density at radius 1 is 0.889 bits per heavy atom. The van der Waals surface area contributed by atoms with Gasteiger partial charge in [-0.2, -0.15) is 0 Å². The third-order valence-corrected chi connectivity index (χ3v) is 4.20. The minimum atomic E-state index is -0.614. The first kappa shape index (κ1) is 19.7. The molecular weight excluding hydrogens is 348 g/mol.